The van der Waals surface area contributed by atoms with E-state index in [-0.39, 0.29) is 0 Å². The molecule has 3 heteroatoms. The van der Waals surface area contributed by atoms with Gasteiger partial charge in [0.15, 0.2) is 0 Å². The molecule has 3 nitrogen and oxygen atoms in total. The maximum absolute atomic E-state index is 4.88. The van der Waals surface area contributed by atoms with E-state index in [0.717, 1.165) is 23.6 Å². The molecule has 0 aliphatic heterocycles. The molecule has 1 aromatic carbocycles. The Bertz CT molecular complexity index is 785. The summed E-state index contributed by atoms with van der Waals surface area (Å²) in [5.41, 5.74) is 4.30. The highest BCUT2D eigenvalue weighted by Gasteiger charge is 2.29. The Morgan fingerprint density at radius 1 is 0.955 bits per heavy atom. The van der Waals surface area contributed by atoms with E-state index in [2.05, 4.69) is 46.1 Å². The van der Waals surface area contributed by atoms with Gasteiger partial charge < -0.3 is 4.57 Å². The number of pyridine rings is 1. The zero-order chi connectivity index (χ0) is 14.9. The third kappa shape index (κ3) is 2.67. The van der Waals surface area contributed by atoms with Crippen molar-refractivity contribution in [2.45, 2.75) is 32.2 Å². The third-order valence-electron chi connectivity index (χ3n) is 4.10. The molecule has 0 saturated heterocycles. The Morgan fingerprint density at radius 2 is 1.77 bits per heavy atom. The van der Waals surface area contributed by atoms with Crippen molar-refractivity contribution in [2.24, 2.45) is 0 Å². The van der Waals surface area contributed by atoms with Crippen LogP contribution < -0.4 is 0 Å². The van der Waals surface area contributed by atoms with Gasteiger partial charge in [-0.3, -0.25) is 4.98 Å². The van der Waals surface area contributed by atoms with Crippen LogP contribution in [0.3, 0.4) is 0 Å². The summed E-state index contributed by atoms with van der Waals surface area (Å²) in [7, 11) is 0. The smallest absolute Gasteiger partial charge is 0.112 e. The van der Waals surface area contributed by atoms with Crippen LogP contribution in [0.2, 0.25) is 0 Å². The Kier molecular flexibility index (Phi) is 3.26. The van der Waals surface area contributed by atoms with Crippen LogP contribution in [0, 0.1) is 6.92 Å². The lowest BCUT2D eigenvalue weighted by atomic mass is 10.2. The van der Waals surface area contributed by atoms with Crippen LogP contribution in [0.25, 0.3) is 11.4 Å². The van der Waals surface area contributed by atoms with Gasteiger partial charge >= 0.3 is 0 Å². The van der Waals surface area contributed by atoms with Gasteiger partial charge in [0.1, 0.15) is 11.5 Å². The van der Waals surface area contributed by atoms with Gasteiger partial charge in [0.25, 0.3) is 0 Å². The van der Waals surface area contributed by atoms with Gasteiger partial charge in [0, 0.05) is 24.4 Å². The summed E-state index contributed by atoms with van der Waals surface area (Å²) in [5, 5.41) is 0. The van der Waals surface area contributed by atoms with Crippen molar-refractivity contribution in [3.8, 4) is 11.4 Å². The van der Waals surface area contributed by atoms with Gasteiger partial charge in [-0.1, -0.05) is 36.4 Å². The van der Waals surface area contributed by atoms with Crippen molar-refractivity contribution in [3.05, 3.63) is 71.8 Å². The molecule has 0 N–H and O–H groups in total. The van der Waals surface area contributed by atoms with Crippen LogP contribution in [-0.4, -0.2) is 14.5 Å². The maximum atomic E-state index is 4.88. The minimum atomic E-state index is 0.627. The lowest BCUT2D eigenvalue weighted by Crippen LogP contribution is -2.02. The molecule has 0 bridgehead atoms. The van der Waals surface area contributed by atoms with Crippen molar-refractivity contribution in [1.29, 1.82) is 0 Å². The Labute approximate surface area is 130 Å². The van der Waals surface area contributed by atoms with Crippen molar-refractivity contribution >= 4 is 0 Å². The zero-order valence-corrected chi connectivity index (χ0v) is 12.7. The molecule has 1 aliphatic rings. The first kappa shape index (κ1) is 13.3. The molecule has 110 valence electrons. The van der Waals surface area contributed by atoms with Crippen LogP contribution in [0.15, 0.2) is 54.7 Å². The Balaban J connectivity index is 1.71. The fraction of sp³-hybridized carbons (Fsp3) is 0.263. The average molecular weight is 289 g/mol. The van der Waals surface area contributed by atoms with Gasteiger partial charge in [-0.15, -0.1) is 0 Å². The zero-order valence-electron chi connectivity index (χ0n) is 12.7. The molecule has 3 aromatic rings. The van der Waals surface area contributed by atoms with Gasteiger partial charge in [-0.05, 0) is 37.5 Å². The molecule has 2 aromatic heterocycles. The lowest BCUT2D eigenvalue weighted by molar-refractivity contribution is 0.726. The normalized spacial score (nSPS) is 14.2. The van der Waals surface area contributed by atoms with Crippen molar-refractivity contribution in [1.82, 2.24) is 14.5 Å². The van der Waals surface area contributed by atoms with Crippen LogP contribution in [-0.2, 0) is 6.54 Å². The molecule has 0 atom stereocenters. The summed E-state index contributed by atoms with van der Waals surface area (Å²) in [4.78, 5) is 9.49. The quantitative estimate of drug-likeness (QED) is 0.721. The molecule has 0 unspecified atom stereocenters. The molecule has 0 radical (unpaired) electrons. The summed E-state index contributed by atoms with van der Waals surface area (Å²) in [6, 6.07) is 16.7. The van der Waals surface area contributed by atoms with E-state index in [4.69, 9.17) is 4.98 Å². The minimum absolute atomic E-state index is 0.627. The first-order valence-electron chi connectivity index (χ1n) is 7.84. The number of hydrogen-bond donors (Lipinski definition) is 0. The van der Waals surface area contributed by atoms with Crippen molar-refractivity contribution in [2.75, 3.05) is 0 Å². The van der Waals surface area contributed by atoms with Crippen molar-refractivity contribution < 1.29 is 0 Å². The monoisotopic (exact) mass is 289 g/mol. The summed E-state index contributed by atoms with van der Waals surface area (Å²) in [5.74, 6) is 1.84. The number of imidazole rings is 1. The van der Waals surface area contributed by atoms with E-state index in [1.807, 2.05) is 25.1 Å². The molecule has 0 spiro atoms. The van der Waals surface area contributed by atoms with E-state index in [1.165, 1.54) is 24.2 Å². The number of rotatable bonds is 4. The molecule has 0 amide bonds. The van der Waals surface area contributed by atoms with E-state index in [1.54, 1.807) is 0 Å². The molecule has 1 aliphatic carbocycles. The predicted molar refractivity (Wildman–Crippen MR) is 87.7 cm³/mol. The average Bonchev–Trinajstić information content (AvgIpc) is 3.30. The van der Waals surface area contributed by atoms with Crippen LogP contribution >= 0.6 is 0 Å². The molecule has 22 heavy (non-hydrogen) atoms. The van der Waals surface area contributed by atoms with Crippen LogP contribution in [0.1, 0.15) is 35.8 Å². The summed E-state index contributed by atoms with van der Waals surface area (Å²) >= 11 is 0. The molecular formula is C19H19N3. The highest BCUT2D eigenvalue weighted by atomic mass is 15.1. The van der Waals surface area contributed by atoms with E-state index in [0.29, 0.717) is 5.92 Å². The summed E-state index contributed by atoms with van der Waals surface area (Å²) < 4.78 is 2.30. The third-order valence-corrected chi connectivity index (χ3v) is 4.10. The number of hydrogen-bond acceptors (Lipinski definition) is 2. The Morgan fingerprint density at radius 3 is 2.50 bits per heavy atom. The SMILES string of the molecule is Cc1cccc(-c2cn(Cc3ccccc3)c(C3CC3)n2)n1. The predicted octanol–water partition coefficient (Wildman–Crippen LogP) is 4.18. The van der Waals surface area contributed by atoms with Gasteiger partial charge in [0.2, 0.25) is 0 Å². The van der Waals surface area contributed by atoms with E-state index in [9.17, 15) is 0 Å². The second kappa shape index (κ2) is 5.41. The fourth-order valence-corrected chi connectivity index (χ4v) is 2.81. The standard InChI is InChI=1S/C19H19N3/c1-14-6-5-9-17(20-14)18-13-22(19(21-18)16-10-11-16)12-15-7-3-2-4-8-15/h2-9,13,16H,10-12H2,1H3. The lowest BCUT2D eigenvalue weighted by Gasteiger charge is -2.06. The van der Waals surface area contributed by atoms with E-state index < -0.39 is 0 Å². The largest absolute Gasteiger partial charge is 0.330 e. The van der Waals surface area contributed by atoms with Crippen LogP contribution in [0.4, 0.5) is 0 Å². The second-order valence-corrected chi connectivity index (χ2v) is 6.04. The molecule has 2 heterocycles. The van der Waals surface area contributed by atoms with Crippen LogP contribution in [0.5, 0.6) is 0 Å². The Hall–Kier alpha value is -2.42. The number of benzene rings is 1. The molecule has 1 fully saturated rings. The summed E-state index contributed by atoms with van der Waals surface area (Å²) in [6.07, 6.45) is 4.67. The van der Waals surface area contributed by atoms with Crippen molar-refractivity contribution in [3.63, 3.8) is 0 Å². The van der Waals surface area contributed by atoms with Gasteiger partial charge in [-0.2, -0.15) is 0 Å². The highest BCUT2D eigenvalue weighted by Crippen LogP contribution is 2.40. The second-order valence-electron chi connectivity index (χ2n) is 6.04. The highest BCUT2D eigenvalue weighted by molar-refractivity contribution is 5.54. The molecule has 4 rings (SSSR count). The molecular weight excluding hydrogens is 270 g/mol. The first-order valence-corrected chi connectivity index (χ1v) is 7.84. The number of aromatic nitrogens is 3. The van der Waals surface area contributed by atoms with Gasteiger partial charge in [0.05, 0.1) is 5.69 Å². The molecule has 1 saturated carbocycles. The maximum Gasteiger partial charge on any atom is 0.112 e. The number of aryl methyl sites for hydroxylation is 1. The minimum Gasteiger partial charge on any atom is -0.330 e. The summed E-state index contributed by atoms with van der Waals surface area (Å²) in [6.45, 7) is 2.90. The number of nitrogens with zero attached hydrogens (tertiary/aromatic N) is 3. The topological polar surface area (TPSA) is 30.7 Å². The fourth-order valence-electron chi connectivity index (χ4n) is 2.81. The first-order chi connectivity index (χ1) is 10.8. The van der Waals surface area contributed by atoms with E-state index >= 15 is 0 Å². The van der Waals surface area contributed by atoms with Gasteiger partial charge in [-0.25, -0.2) is 4.98 Å².